The van der Waals surface area contributed by atoms with E-state index in [0.717, 1.165) is 11.8 Å². The van der Waals surface area contributed by atoms with Gasteiger partial charge in [0.2, 0.25) is 0 Å². The summed E-state index contributed by atoms with van der Waals surface area (Å²) in [7, 11) is 0. The predicted octanol–water partition coefficient (Wildman–Crippen LogP) is 2.61. The molecule has 2 saturated heterocycles. The van der Waals surface area contributed by atoms with Gasteiger partial charge in [-0.1, -0.05) is 30.7 Å². The monoisotopic (exact) mass is 256 g/mol. The average molecular weight is 256 g/mol. The molecule has 0 amide bonds. The molecule has 1 N–H and O–H groups in total. The molecule has 2 heterocycles. The molecule has 1 aliphatic carbocycles. The van der Waals surface area contributed by atoms with E-state index in [2.05, 4.69) is 34.5 Å². The zero-order valence-electron chi connectivity index (χ0n) is 11.6. The number of aryl methyl sites for hydroxylation is 1. The normalized spacial score (nSPS) is 34.8. The van der Waals surface area contributed by atoms with Crippen LogP contribution in [0.5, 0.6) is 0 Å². The van der Waals surface area contributed by atoms with Gasteiger partial charge in [0.1, 0.15) is 0 Å². The van der Waals surface area contributed by atoms with Crippen LogP contribution >= 0.6 is 0 Å². The third kappa shape index (κ3) is 2.11. The van der Waals surface area contributed by atoms with Crippen LogP contribution in [0.3, 0.4) is 0 Å². The number of hydrogen-bond acceptors (Lipinski definition) is 2. The number of rotatable bonds is 1. The van der Waals surface area contributed by atoms with Crippen molar-refractivity contribution in [1.29, 1.82) is 0 Å². The highest BCUT2D eigenvalue weighted by Crippen LogP contribution is 2.38. The zero-order chi connectivity index (χ0) is 12.7. The summed E-state index contributed by atoms with van der Waals surface area (Å²) in [6.07, 6.45) is 5.41. The Kier molecular flexibility index (Phi) is 3.08. The Bertz CT molecular complexity index is 444. The second-order valence-electron chi connectivity index (χ2n) is 6.59. The molecule has 1 unspecified atom stereocenters. The maximum absolute atomic E-state index is 3.55. The highest BCUT2D eigenvalue weighted by Gasteiger charge is 2.39. The van der Waals surface area contributed by atoms with Gasteiger partial charge < -0.3 is 5.32 Å². The van der Waals surface area contributed by atoms with Crippen molar-refractivity contribution in [3.05, 3.63) is 35.4 Å². The molecule has 0 saturated carbocycles. The summed E-state index contributed by atoms with van der Waals surface area (Å²) in [5.74, 6) is 1.82. The van der Waals surface area contributed by atoms with Crippen LogP contribution in [0, 0.1) is 11.8 Å². The van der Waals surface area contributed by atoms with Crippen molar-refractivity contribution in [2.45, 2.75) is 31.7 Å². The van der Waals surface area contributed by atoms with Gasteiger partial charge in [-0.15, -0.1) is 0 Å². The Labute approximate surface area is 116 Å². The van der Waals surface area contributed by atoms with Crippen molar-refractivity contribution < 1.29 is 0 Å². The first-order valence-corrected chi connectivity index (χ1v) is 7.94. The molecule has 4 rings (SSSR count). The SMILES string of the molecule is c1ccc2c(c1)CCCCC2N1C[C@H]2CNC[C@H]2C1. The Balaban J connectivity index is 1.61. The number of fused-ring (bicyclic) bond motifs is 2. The molecule has 3 aliphatic rings. The van der Waals surface area contributed by atoms with E-state index < -0.39 is 0 Å². The number of benzene rings is 1. The smallest absolute Gasteiger partial charge is 0.0351 e. The van der Waals surface area contributed by atoms with Crippen LogP contribution in [0.4, 0.5) is 0 Å². The Morgan fingerprint density at radius 3 is 2.63 bits per heavy atom. The van der Waals surface area contributed by atoms with Crippen LogP contribution in [-0.2, 0) is 6.42 Å². The molecule has 3 atom stereocenters. The van der Waals surface area contributed by atoms with Gasteiger partial charge in [0, 0.05) is 19.1 Å². The number of hydrogen-bond donors (Lipinski definition) is 1. The van der Waals surface area contributed by atoms with Gasteiger partial charge in [-0.3, -0.25) is 4.90 Å². The van der Waals surface area contributed by atoms with Gasteiger partial charge in [0.25, 0.3) is 0 Å². The lowest BCUT2D eigenvalue weighted by Crippen LogP contribution is -2.30. The average Bonchev–Trinajstić information content (AvgIpc) is 2.94. The Morgan fingerprint density at radius 1 is 1.00 bits per heavy atom. The maximum atomic E-state index is 3.55. The molecule has 102 valence electrons. The lowest BCUT2D eigenvalue weighted by atomic mass is 9.98. The van der Waals surface area contributed by atoms with Crippen LogP contribution in [0.2, 0.25) is 0 Å². The van der Waals surface area contributed by atoms with Crippen molar-refractivity contribution in [3.8, 4) is 0 Å². The summed E-state index contributed by atoms with van der Waals surface area (Å²) in [6, 6.07) is 9.88. The molecule has 19 heavy (non-hydrogen) atoms. The van der Waals surface area contributed by atoms with Gasteiger partial charge >= 0.3 is 0 Å². The van der Waals surface area contributed by atoms with Crippen LogP contribution in [-0.4, -0.2) is 31.1 Å². The fraction of sp³-hybridized carbons (Fsp3) is 0.647. The fourth-order valence-electron chi connectivity index (χ4n) is 4.42. The molecule has 2 fully saturated rings. The molecule has 1 aromatic carbocycles. The van der Waals surface area contributed by atoms with E-state index in [1.807, 2.05) is 0 Å². The molecular formula is C17H24N2. The molecule has 2 nitrogen and oxygen atoms in total. The van der Waals surface area contributed by atoms with Crippen molar-refractivity contribution in [3.63, 3.8) is 0 Å². The summed E-state index contributed by atoms with van der Waals surface area (Å²) in [5, 5.41) is 3.55. The molecule has 1 aromatic rings. The van der Waals surface area contributed by atoms with Crippen LogP contribution in [0.25, 0.3) is 0 Å². The second kappa shape index (κ2) is 4.92. The minimum Gasteiger partial charge on any atom is -0.316 e. The Hall–Kier alpha value is -0.860. The van der Waals surface area contributed by atoms with E-state index >= 15 is 0 Å². The predicted molar refractivity (Wildman–Crippen MR) is 78.2 cm³/mol. The minimum absolute atomic E-state index is 0.698. The number of nitrogens with one attached hydrogen (secondary N) is 1. The van der Waals surface area contributed by atoms with Crippen molar-refractivity contribution in [2.75, 3.05) is 26.2 Å². The first kappa shape index (κ1) is 11.9. The number of likely N-dealkylation sites (tertiary alicyclic amines) is 1. The second-order valence-corrected chi connectivity index (χ2v) is 6.59. The lowest BCUT2D eigenvalue weighted by molar-refractivity contribution is 0.216. The van der Waals surface area contributed by atoms with E-state index in [0.29, 0.717) is 6.04 Å². The highest BCUT2D eigenvalue weighted by molar-refractivity contribution is 5.31. The molecule has 2 heteroatoms. The van der Waals surface area contributed by atoms with Gasteiger partial charge in [-0.05, 0) is 55.3 Å². The Morgan fingerprint density at radius 2 is 1.79 bits per heavy atom. The van der Waals surface area contributed by atoms with Crippen molar-refractivity contribution in [2.24, 2.45) is 11.8 Å². The molecule has 0 spiro atoms. The summed E-state index contributed by atoms with van der Waals surface area (Å²) < 4.78 is 0. The van der Waals surface area contributed by atoms with Gasteiger partial charge in [0.15, 0.2) is 0 Å². The topological polar surface area (TPSA) is 15.3 Å². The quantitative estimate of drug-likeness (QED) is 0.777. The summed E-state index contributed by atoms with van der Waals surface area (Å²) in [6.45, 7) is 5.12. The standard InChI is InChI=1S/C17H24N2/c1-3-7-16-13(5-1)6-2-4-8-17(16)19-11-14-9-18-10-15(14)12-19/h1,3,5,7,14-15,17-18H,2,4,6,8-12H2/t14-,15+,17?. The minimum atomic E-state index is 0.698. The molecule has 0 radical (unpaired) electrons. The fourth-order valence-corrected chi connectivity index (χ4v) is 4.42. The molecule has 0 aromatic heterocycles. The summed E-state index contributed by atoms with van der Waals surface area (Å²) in [5.41, 5.74) is 3.24. The zero-order valence-corrected chi connectivity index (χ0v) is 11.6. The van der Waals surface area contributed by atoms with E-state index in [1.54, 1.807) is 11.1 Å². The van der Waals surface area contributed by atoms with Crippen molar-refractivity contribution in [1.82, 2.24) is 10.2 Å². The van der Waals surface area contributed by atoms with Gasteiger partial charge in [0.05, 0.1) is 0 Å². The van der Waals surface area contributed by atoms with E-state index in [1.165, 1.54) is 51.9 Å². The summed E-state index contributed by atoms with van der Waals surface area (Å²) >= 11 is 0. The van der Waals surface area contributed by atoms with Crippen LogP contribution in [0.1, 0.15) is 36.4 Å². The number of nitrogens with zero attached hydrogens (tertiary/aromatic N) is 1. The maximum Gasteiger partial charge on any atom is 0.0351 e. The molecule has 2 aliphatic heterocycles. The van der Waals surface area contributed by atoms with Crippen LogP contribution < -0.4 is 5.32 Å². The summed E-state index contributed by atoms with van der Waals surface area (Å²) in [4.78, 5) is 2.79. The highest BCUT2D eigenvalue weighted by atomic mass is 15.2. The lowest BCUT2D eigenvalue weighted by Gasteiger charge is -2.29. The van der Waals surface area contributed by atoms with Crippen LogP contribution in [0.15, 0.2) is 24.3 Å². The van der Waals surface area contributed by atoms with E-state index in [-0.39, 0.29) is 0 Å². The third-order valence-electron chi connectivity index (χ3n) is 5.45. The molecular weight excluding hydrogens is 232 g/mol. The first-order valence-electron chi connectivity index (χ1n) is 7.94. The van der Waals surface area contributed by atoms with Gasteiger partial charge in [-0.2, -0.15) is 0 Å². The largest absolute Gasteiger partial charge is 0.316 e. The van der Waals surface area contributed by atoms with E-state index in [4.69, 9.17) is 0 Å². The first-order chi connectivity index (χ1) is 9.42. The van der Waals surface area contributed by atoms with Crippen molar-refractivity contribution >= 4 is 0 Å². The van der Waals surface area contributed by atoms with E-state index in [9.17, 15) is 0 Å². The third-order valence-corrected chi connectivity index (χ3v) is 5.45. The van der Waals surface area contributed by atoms with Gasteiger partial charge in [-0.25, -0.2) is 0 Å². The molecule has 0 bridgehead atoms.